The van der Waals surface area contributed by atoms with Crippen molar-refractivity contribution in [1.29, 1.82) is 0 Å². The van der Waals surface area contributed by atoms with Gasteiger partial charge < -0.3 is 15.4 Å². The lowest BCUT2D eigenvalue weighted by molar-refractivity contribution is -0.123. The van der Waals surface area contributed by atoms with Gasteiger partial charge in [0.1, 0.15) is 5.75 Å². The second-order valence-corrected chi connectivity index (χ2v) is 7.77. The first kappa shape index (κ1) is 18.3. The van der Waals surface area contributed by atoms with E-state index in [1.165, 1.54) is 0 Å². The highest BCUT2D eigenvalue weighted by Crippen LogP contribution is 2.31. The second kappa shape index (κ2) is 7.00. The predicted octanol–water partition coefficient (Wildman–Crippen LogP) is 4.27. The molecule has 2 N–H and O–H groups in total. The number of hydrogen-bond donors (Lipinski definition) is 2. The molecule has 2 aromatic rings. The average molecular weight is 373 g/mol. The molecule has 0 saturated carbocycles. The summed E-state index contributed by atoms with van der Waals surface area (Å²) in [6.45, 7) is 5.53. The van der Waals surface area contributed by atoms with Crippen LogP contribution in [0, 0.1) is 5.41 Å². The number of halogens is 1. The van der Waals surface area contributed by atoms with Gasteiger partial charge in [-0.3, -0.25) is 9.59 Å². The summed E-state index contributed by atoms with van der Waals surface area (Å²) in [6, 6.07) is 12.4. The van der Waals surface area contributed by atoms with Crippen LogP contribution in [0.3, 0.4) is 0 Å². The zero-order valence-electron chi connectivity index (χ0n) is 14.9. The number of amides is 2. The van der Waals surface area contributed by atoms with E-state index in [0.717, 1.165) is 5.56 Å². The fourth-order valence-electron chi connectivity index (χ4n) is 2.58. The maximum absolute atomic E-state index is 12.5. The molecule has 0 saturated heterocycles. The standard InChI is InChI=1S/C20H21ClN2O3/c1-20(2,3)19(25)23-15-6-4-5-14(11-15)22-18(24)17-10-12-9-13(21)7-8-16(12)26-17/h4-9,11,17H,10H2,1-3H3,(H,22,24)(H,23,25)/t17-/m0/s1. The first-order chi connectivity index (χ1) is 12.2. The van der Waals surface area contributed by atoms with Crippen LogP contribution in [-0.4, -0.2) is 17.9 Å². The minimum atomic E-state index is -0.601. The molecule has 5 nitrogen and oxygen atoms in total. The van der Waals surface area contributed by atoms with Gasteiger partial charge in [0.05, 0.1) is 0 Å². The van der Waals surface area contributed by atoms with Crippen LogP contribution < -0.4 is 15.4 Å². The van der Waals surface area contributed by atoms with Gasteiger partial charge in [-0.25, -0.2) is 0 Å². The van der Waals surface area contributed by atoms with E-state index in [2.05, 4.69) is 10.6 Å². The van der Waals surface area contributed by atoms with Gasteiger partial charge in [0, 0.05) is 28.2 Å². The zero-order chi connectivity index (χ0) is 18.9. The van der Waals surface area contributed by atoms with E-state index in [-0.39, 0.29) is 11.8 Å². The average Bonchev–Trinajstić information content (AvgIpc) is 2.97. The summed E-state index contributed by atoms with van der Waals surface area (Å²) in [7, 11) is 0. The largest absolute Gasteiger partial charge is 0.480 e. The maximum atomic E-state index is 12.5. The third-order valence-electron chi connectivity index (χ3n) is 4.06. The highest BCUT2D eigenvalue weighted by Gasteiger charge is 2.29. The van der Waals surface area contributed by atoms with E-state index in [9.17, 15) is 9.59 Å². The second-order valence-electron chi connectivity index (χ2n) is 7.34. The highest BCUT2D eigenvalue weighted by molar-refractivity contribution is 6.30. The number of carbonyl (C=O) groups is 2. The molecule has 1 heterocycles. The van der Waals surface area contributed by atoms with Crippen LogP contribution in [0.25, 0.3) is 0 Å². The molecule has 0 aliphatic carbocycles. The molecule has 2 amide bonds. The van der Waals surface area contributed by atoms with Crippen LogP contribution in [-0.2, 0) is 16.0 Å². The molecule has 1 aliphatic rings. The van der Waals surface area contributed by atoms with Gasteiger partial charge in [0.2, 0.25) is 5.91 Å². The number of nitrogens with one attached hydrogen (secondary N) is 2. The Hall–Kier alpha value is -2.53. The van der Waals surface area contributed by atoms with Gasteiger partial charge in [0.15, 0.2) is 6.10 Å². The number of rotatable bonds is 3. The molecule has 0 unspecified atom stereocenters. The molecule has 1 aliphatic heterocycles. The Bertz CT molecular complexity index is 858. The lowest BCUT2D eigenvalue weighted by atomic mass is 9.95. The first-order valence-electron chi connectivity index (χ1n) is 8.40. The Morgan fingerprint density at radius 2 is 1.77 bits per heavy atom. The van der Waals surface area contributed by atoms with Crippen LogP contribution in [0.15, 0.2) is 42.5 Å². The van der Waals surface area contributed by atoms with Crippen LogP contribution in [0.1, 0.15) is 26.3 Å². The van der Waals surface area contributed by atoms with Crippen molar-refractivity contribution in [2.75, 3.05) is 10.6 Å². The lowest BCUT2D eigenvalue weighted by Gasteiger charge is -2.18. The summed E-state index contributed by atoms with van der Waals surface area (Å²) in [6.07, 6.45) is -0.126. The molecular weight excluding hydrogens is 352 g/mol. The normalized spacial score (nSPS) is 15.8. The molecule has 26 heavy (non-hydrogen) atoms. The van der Waals surface area contributed by atoms with Crippen molar-refractivity contribution in [3.8, 4) is 5.75 Å². The van der Waals surface area contributed by atoms with E-state index >= 15 is 0 Å². The Morgan fingerprint density at radius 1 is 1.08 bits per heavy atom. The summed E-state index contributed by atoms with van der Waals surface area (Å²) in [4.78, 5) is 24.6. The fraction of sp³-hybridized carbons (Fsp3) is 0.300. The van der Waals surface area contributed by atoms with Crippen molar-refractivity contribution >= 4 is 34.8 Å². The monoisotopic (exact) mass is 372 g/mol. The number of benzene rings is 2. The molecule has 1 atom stereocenters. The molecule has 0 radical (unpaired) electrons. The van der Waals surface area contributed by atoms with Crippen LogP contribution in [0.5, 0.6) is 5.75 Å². The molecule has 0 spiro atoms. The summed E-state index contributed by atoms with van der Waals surface area (Å²) >= 11 is 5.98. The van der Waals surface area contributed by atoms with Gasteiger partial charge in [-0.1, -0.05) is 38.4 Å². The molecule has 0 aromatic heterocycles. The molecule has 2 aromatic carbocycles. The fourth-order valence-corrected chi connectivity index (χ4v) is 2.77. The van der Waals surface area contributed by atoms with E-state index in [0.29, 0.717) is 28.6 Å². The van der Waals surface area contributed by atoms with Gasteiger partial charge >= 0.3 is 0 Å². The Morgan fingerprint density at radius 3 is 2.46 bits per heavy atom. The zero-order valence-corrected chi connectivity index (χ0v) is 15.7. The van der Waals surface area contributed by atoms with Crippen molar-refractivity contribution in [3.63, 3.8) is 0 Å². The number of fused-ring (bicyclic) bond motifs is 1. The minimum absolute atomic E-state index is 0.0903. The van der Waals surface area contributed by atoms with Crippen LogP contribution >= 0.6 is 11.6 Å². The SMILES string of the molecule is CC(C)(C)C(=O)Nc1cccc(NC(=O)[C@@H]2Cc3cc(Cl)ccc3O2)c1. The lowest BCUT2D eigenvalue weighted by Crippen LogP contribution is -2.31. The molecule has 3 rings (SSSR count). The minimum Gasteiger partial charge on any atom is -0.480 e. The third-order valence-corrected chi connectivity index (χ3v) is 4.29. The highest BCUT2D eigenvalue weighted by atomic mass is 35.5. The summed E-state index contributed by atoms with van der Waals surface area (Å²) in [5, 5.41) is 6.31. The Balaban J connectivity index is 1.65. The number of ether oxygens (including phenoxy) is 1. The van der Waals surface area contributed by atoms with Crippen LogP contribution in [0.4, 0.5) is 11.4 Å². The number of hydrogen-bond acceptors (Lipinski definition) is 3. The van der Waals surface area contributed by atoms with E-state index in [1.807, 2.05) is 26.8 Å². The first-order valence-corrected chi connectivity index (χ1v) is 8.77. The van der Waals surface area contributed by atoms with Crippen molar-refractivity contribution in [3.05, 3.63) is 53.1 Å². The van der Waals surface area contributed by atoms with Gasteiger partial charge in [-0.15, -0.1) is 0 Å². The predicted molar refractivity (Wildman–Crippen MR) is 103 cm³/mol. The van der Waals surface area contributed by atoms with Crippen LogP contribution in [0.2, 0.25) is 5.02 Å². The molecule has 0 fully saturated rings. The molecule has 136 valence electrons. The topological polar surface area (TPSA) is 67.4 Å². The maximum Gasteiger partial charge on any atom is 0.265 e. The summed E-state index contributed by atoms with van der Waals surface area (Å²) in [5.41, 5.74) is 1.65. The Labute approximate surface area is 157 Å². The van der Waals surface area contributed by atoms with Crippen molar-refractivity contribution in [2.45, 2.75) is 33.3 Å². The van der Waals surface area contributed by atoms with Crippen molar-refractivity contribution in [1.82, 2.24) is 0 Å². The van der Waals surface area contributed by atoms with Crippen molar-refractivity contribution < 1.29 is 14.3 Å². The summed E-state index contributed by atoms with van der Waals surface area (Å²) < 4.78 is 5.69. The van der Waals surface area contributed by atoms with Gasteiger partial charge in [-0.2, -0.15) is 0 Å². The Kier molecular flexibility index (Phi) is 4.92. The van der Waals surface area contributed by atoms with Gasteiger partial charge in [0.25, 0.3) is 5.91 Å². The van der Waals surface area contributed by atoms with E-state index < -0.39 is 11.5 Å². The van der Waals surface area contributed by atoms with Gasteiger partial charge in [-0.05, 0) is 42.0 Å². The quantitative estimate of drug-likeness (QED) is 0.845. The number of carbonyl (C=O) groups excluding carboxylic acids is 2. The number of anilines is 2. The van der Waals surface area contributed by atoms with Crippen molar-refractivity contribution in [2.24, 2.45) is 5.41 Å². The third kappa shape index (κ3) is 4.17. The van der Waals surface area contributed by atoms with E-state index in [1.54, 1.807) is 36.4 Å². The molecular formula is C20H21ClN2O3. The molecule has 6 heteroatoms. The molecule has 0 bridgehead atoms. The smallest absolute Gasteiger partial charge is 0.265 e. The van der Waals surface area contributed by atoms with E-state index in [4.69, 9.17) is 16.3 Å². The summed E-state index contributed by atoms with van der Waals surface area (Å²) in [5.74, 6) is 0.352.